The molecule has 0 N–H and O–H groups in total. The topological polar surface area (TPSA) is 89.5 Å². The molecule has 0 amide bonds. The predicted molar refractivity (Wildman–Crippen MR) is 60.1 cm³/mol. The summed E-state index contributed by atoms with van der Waals surface area (Å²) in [7, 11) is 0. The van der Waals surface area contributed by atoms with Crippen molar-refractivity contribution in [2.75, 3.05) is 6.61 Å². The van der Waals surface area contributed by atoms with Crippen LogP contribution in [-0.4, -0.2) is 55.2 Å². The molecule has 0 saturated carbocycles. The lowest BCUT2D eigenvalue weighted by Crippen LogP contribution is -2.62. The van der Waals surface area contributed by atoms with Gasteiger partial charge in [-0.15, -0.1) is 0 Å². The summed E-state index contributed by atoms with van der Waals surface area (Å²) in [5, 5.41) is 0. The third kappa shape index (κ3) is 2.28. The van der Waals surface area contributed by atoms with Gasteiger partial charge in [-0.2, -0.15) is 0 Å². The first-order chi connectivity index (χ1) is 9.38. The number of carbonyl (C=O) groups excluding carboxylic acids is 2. The van der Waals surface area contributed by atoms with Gasteiger partial charge in [0, 0.05) is 20.8 Å². The van der Waals surface area contributed by atoms with Gasteiger partial charge in [0.1, 0.15) is 18.8 Å². The number of carbonyl (C=O) groups is 2. The predicted octanol–water partition coefficient (Wildman–Crippen LogP) is -0.306. The van der Waals surface area contributed by atoms with E-state index in [1.54, 1.807) is 6.92 Å². The highest BCUT2D eigenvalue weighted by Gasteiger charge is 2.65. The average molecular weight is 288 g/mol. The lowest BCUT2D eigenvalue weighted by Gasteiger charge is -2.44. The molecule has 112 valence electrons. The van der Waals surface area contributed by atoms with E-state index in [1.807, 2.05) is 0 Å². The molecule has 0 spiro atoms. The van der Waals surface area contributed by atoms with Crippen LogP contribution in [0.25, 0.3) is 0 Å². The fraction of sp³-hybridized carbons (Fsp3) is 0.833. The second kappa shape index (κ2) is 4.66. The number of fused-ring (bicyclic) bond motifs is 2. The Bertz CT molecular complexity index is 437. The van der Waals surface area contributed by atoms with Gasteiger partial charge in [0.2, 0.25) is 0 Å². The van der Waals surface area contributed by atoms with Gasteiger partial charge < -0.3 is 23.7 Å². The first kappa shape index (κ1) is 13.7. The Hall–Kier alpha value is -1.22. The Balaban J connectivity index is 1.80. The molecule has 0 aromatic carbocycles. The first-order valence-electron chi connectivity index (χ1n) is 6.37. The third-order valence-electron chi connectivity index (χ3n) is 3.37. The minimum absolute atomic E-state index is 0.000421. The van der Waals surface area contributed by atoms with E-state index in [1.165, 1.54) is 13.8 Å². The van der Waals surface area contributed by atoms with Crippen LogP contribution in [0.15, 0.2) is 0 Å². The monoisotopic (exact) mass is 288 g/mol. The highest BCUT2D eigenvalue weighted by molar-refractivity contribution is 5.66. The second-order valence-electron chi connectivity index (χ2n) is 5.06. The Morgan fingerprint density at radius 2 is 1.80 bits per heavy atom. The van der Waals surface area contributed by atoms with Crippen molar-refractivity contribution in [1.29, 1.82) is 0 Å². The Kier molecular flexibility index (Phi) is 3.20. The van der Waals surface area contributed by atoms with Crippen molar-refractivity contribution < 1.29 is 38.0 Å². The molecule has 0 radical (unpaired) electrons. The fourth-order valence-electron chi connectivity index (χ4n) is 2.69. The molecule has 3 fully saturated rings. The maximum Gasteiger partial charge on any atom is 0.303 e. The summed E-state index contributed by atoms with van der Waals surface area (Å²) in [6.07, 6.45) is -3.10. The molecule has 3 saturated heterocycles. The average Bonchev–Trinajstić information content (AvgIpc) is 2.52. The lowest BCUT2D eigenvalue weighted by molar-refractivity contribution is -0.382. The normalized spacial score (nSPS) is 45.2. The van der Waals surface area contributed by atoms with Gasteiger partial charge in [0.15, 0.2) is 18.5 Å². The van der Waals surface area contributed by atoms with E-state index in [9.17, 15) is 9.59 Å². The number of rotatable bonds is 3. The molecule has 3 bridgehead atoms. The van der Waals surface area contributed by atoms with Gasteiger partial charge in [-0.3, -0.25) is 14.3 Å². The fourth-order valence-corrected chi connectivity index (χ4v) is 2.69. The number of hydrogen-bond acceptors (Lipinski definition) is 8. The largest absolute Gasteiger partial charge is 0.463 e. The molecule has 0 aromatic rings. The van der Waals surface area contributed by atoms with Crippen molar-refractivity contribution >= 4 is 11.9 Å². The number of ether oxygens (including phenoxy) is 6. The van der Waals surface area contributed by atoms with E-state index in [2.05, 4.69) is 0 Å². The molecule has 0 aromatic heterocycles. The van der Waals surface area contributed by atoms with Crippen LogP contribution in [0.5, 0.6) is 0 Å². The Labute approximate surface area is 115 Å². The summed E-state index contributed by atoms with van der Waals surface area (Å²) in [5.74, 6) is -2.09. The maximum absolute atomic E-state index is 11.2. The molecule has 1 unspecified atom stereocenters. The lowest BCUT2D eigenvalue weighted by atomic mass is 9.98. The minimum Gasteiger partial charge on any atom is -0.463 e. The number of esters is 2. The second-order valence-corrected chi connectivity index (χ2v) is 5.06. The third-order valence-corrected chi connectivity index (χ3v) is 3.37. The molecule has 3 aliphatic rings. The Morgan fingerprint density at radius 1 is 1.10 bits per heavy atom. The van der Waals surface area contributed by atoms with Gasteiger partial charge >= 0.3 is 11.9 Å². The zero-order valence-electron chi connectivity index (χ0n) is 11.4. The molecule has 3 rings (SSSR count). The van der Waals surface area contributed by atoms with Crippen LogP contribution in [0.3, 0.4) is 0 Å². The minimum atomic E-state index is -1.22. The van der Waals surface area contributed by atoms with Gasteiger partial charge in [-0.05, 0) is 0 Å². The van der Waals surface area contributed by atoms with Gasteiger partial charge in [-0.25, -0.2) is 0 Å². The van der Waals surface area contributed by atoms with Gasteiger partial charge in [0.25, 0.3) is 5.97 Å². The molecule has 6 atom stereocenters. The summed E-state index contributed by atoms with van der Waals surface area (Å²) in [6, 6.07) is 0. The first-order valence-corrected chi connectivity index (χ1v) is 6.37. The molecular formula is C12H16O8. The summed E-state index contributed by atoms with van der Waals surface area (Å²) in [4.78, 5) is 22.1. The highest BCUT2D eigenvalue weighted by atomic mass is 17.0. The standard InChI is InChI=1S/C12H16O8/c1-5(13)15-4-7-8-9(16-6(2)14)10-11(17-7)20-12(3,18-8)19-10/h7-11H,4H2,1-3H3/t7-,8-,9+,10-,11-,12?/m1/s1. The quantitative estimate of drug-likeness (QED) is 0.654. The molecule has 8 heteroatoms. The summed E-state index contributed by atoms with van der Waals surface area (Å²) >= 11 is 0. The highest BCUT2D eigenvalue weighted by Crippen LogP contribution is 2.45. The van der Waals surface area contributed by atoms with Crippen LogP contribution in [0.1, 0.15) is 20.8 Å². The Morgan fingerprint density at radius 3 is 2.45 bits per heavy atom. The van der Waals surface area contributed by atoms with E-state index in [0.29, 0.717) is 0 Å². The summed E-state index contributed by atoms with van der Waals surface area (Å²) < 4.78 is 32.6. The zero-order valence-corrected chi connectivity index (χ0v) is 11.4. The van der Waals surface area contributed by atoms with Crippen molar-refractivity contribution in [3.63, 3.8) is 0 Å². The van der Waals surface area contributed by atoms with Gasteiger partial charge in [0.05, 0.1) is 0 Å². The molecule has 8 nitrogen and oxygen atoms in total. The summed E-state index contributed by atoms with van der Waals surface area (Å²) in [5.41, 5.74) is 0. The molecule has 0 aliphatic carbocycles. The summed E-state index contributed by atoms with van der Waals surface area (Å²) in [6.45, 7) is 4.23. The van der Waals surface area contributed by atoms with Crippen molar-refractivity contribution in [3.05, 3.63) is 0 Å². The van der Waals surface area contributed by atoms with E-state index in [-0.39, 0.29) is 6.61 Å². The molecule has 3 aliphatic heterocycles. The number of hydrogen-bond donors (Lipinski definition) is 0. The van der Waals surface area contributed by atoms with E-state index in [4.69, 9.17) is 28.4 Å². The van der Waals surface area contributed by atoms with E-state index < -0.39 is 48.6 Å². The van der Waals surface area contributed by atoms with Crippen molar-refractivity contribution in [2.45, 2.75) is 57.5 Å². The molecular weight excluding hydrogens is 272 g/mol. The smallest absolute Gasteiger partial charge is 0.303 e. The van der Waals surface area contributed by atoms with E-state index in [0.717, 1.165) is 0 Å². The maximum atomic E-state index is 11.2. The van der Waals surface area contributed by atoms with Crippen LogP contribution < -0.4 is 0 Å². The van der Waals surface area contributed by atoms with Crippen molar-refractivity contribution in [2.24, 2.45) is 0 Å². The van der Waals surface area contributed by atoms with Crippen LogP contribution in [0, 0.1) is 0 Å². The zero-order chi connectivity index (χ0) is 14.5. The van der Waals surface area contributed by atoms with Crippen LogP contribution in [-0.2, 0) is 38.0 Å². The molecule has 3 heterocycles. The van der Waals surface area contributed by atoms with Crippen LogP contribution in [0.2, 0.25) is 0 Å². The SMILES string of the molecule is CC(=O)OC[C@H]1O[C@@H]2OC3(C)O[C@@H]2[C@@H](OC(C)=O)[C@@H]1O3. The van der Waals surface area contributed by atoms with Crippen LogP contribution in [0.4, 0.5) is 0 Å². The van der Waals surface area contributed by atoms with Crippen LogP contribution >= 0.6 is 0 Å². The van der Waals surface area contributed by atoms with Crippen molar-refractivity contribution in [1.82, 2.24) is 0 Å². The molecule has 20 heavy (non-hydrogen) atoms. The van der Waals surface area contributed by atoms with Gasteiger partial charge in [-0.1, -0.05) is 0 Å². The van der Waals surface area contributed by atoms with E-state index >= 15 is 0 Å². The van der Waals surface area contributed by atoms with Crippen molar-refractivity contribution in [3.8, 4) is 0 Å².